The Hall–Kier alpha value is -5.41. The molecule has 204 valence electrons. The molecule has 43 heavy (non-hydrogen) atoms. The van der Waals surface area contributed by atoms with Crippen molar-refractivity contribution in [1.29, 1.82) is 0 Å². The highest BCUT2D eigenvalue weighted by atomic mass is 15.0. The first-order chi connectivity index (χ1) is 21.1. The smallest absolute Gasteiger partial charge is 0.0775 e. The molecule has 0 atom stereocenters. The minimum absolute atomic E-state index is 0.190. The van der Waals surface area contributed by atoms with Crippen molar-refractivity contribution < 1.29 is 0 Å². The van der Waals surface area contributed by atoms with Crippen LogP contribution in [0.2, 0.25) is 0 Å². The molecule has 6 aromatic carbocycles. The van der Waals surface area contributed by atoms with Crippen LogP contribution in [0.25, 0.3) is 55.0 Å². The zero-order valence-electron chi connectivity index (χ0n) is 24.1. The third kappa shape index (κ3) is 3.33. The molecular formula is C40H29N3. The molecule has 8 aromatic rings. The highest BCUT2D eigenvalue weighted by Crippen LogP contribution is 2.49. The monoisotopic (exact) mass is 551 g/mol. The lowest BCUT2D eigenvalue weighted by atomic mass is 9.78. The van der Waals surface area contributed by atoms with Crippen LogP contribution in [-0.2, 0) is 5.41 Å². The van der Waals surface area contributed by atoms with E-state index in [9.17, 15) is 0 Å². The van der Waals surface area contributed by atoms with Crippen molar-refractivity contribution in [2.24, 2.45) is 4.99 Å². The van der Waals surface area contributed by atoms with Crippen molar-refractivity contribution >= 4 is 55.0 Å². The number of aliphatic imine (C=N–C) groups is 1. The Morgan fingerprint density at radius 2 is 1.02 bits per heavy atom. The molecule has 0 amide bonds. The first kappa shape index (κ1) is 24.2. The molecule has 0 N–H and O–H groups in total. The summed E-state index contributed by atoms with van der Waals surface area (Å²) in [4.78, 5) is 5.39. The maximum atomic E-state index is 5.39. The Labute approximate surface area is 250 Å². The van der Waals surface area contributed by atoms with Gasteiger partial charge in [-0.15, -0.1) is 0 Å². The van der Waals surface area contributed by atoms with Gasteiger partial charge in [0.2, 0.25) is 0 Å². The Morgan fingerprint density at radius 3 is 1.67 bits per heavy atom. The molecule has 0 fully saturated rings. The van der Waals surface area contributed by atoms with E-state index in [4.69, 9.17) is 4.99 Å². The van der Waals surface area contributed by atoms with Crippen LogP contribution < -0.4 is 0 Å². The van der Waals surface area contributed by atoms with Crippen LogP contribution >= 0.6 is 0 Å². The van der Waals surface area contributed by atoms with Gasteiger partial charge in [-0.3, -0.25) is 4.99 Å². The fraction of sp³-hybridized carbons (Fsp3) is 0.0750. The van der Waals surface area contributed by atoms with Gasteiger partial charge in [0.15, 0.2) is 0 Å². The Kier molecular flexibility index (Phi) is 4.95. The van der Waals surface area contributed by atoms with E-state index in [1.807, 2.05) is 0 Å². The summed E-state index contributed by atoms with van der Waals surface area (Å²) in [6.45, 7) is 4.59. The normalized spacial score (nSPS) is 14.1. The first-order valence-electron chi connectivity index (χ1n) is 14.9. The van der Waals surface area contributed by atoms with Gasteiger partial charge in [-0.25, -0.2) is 0 Å². The SMILES string of the molecule is CC1(C)C(c2ccccc2)=Nc2c1ccc1c2c2ccccc2n1-c1cccc(-n2c3ccccc3c3ccccc32)c1. The zero-order chi connectivity index (χ0) is 28.7. The molecule has 0 spiro atoms. The van der Waals surface area contributed by atoms with Gasteiger partial charge >= 0.3 is 0 Å². The van der Waals surface area contributed by atoms with E-state index in [0.717, 1.165) is 22.8 Å². The molecule has 9 rings (SSSR count). The largest absolute Gasteiger partial charge is 0.309 e. The summed E-state index contributed by atoms with van der Waals surface area (Å²) in [5.41, 5.74) is 11.6. The number of para-hydroxylation sites is 3. The number of hydrogen-bond donors (Lipinski definition) is 0. The predicted octanol–water partition coefficient (Wildman–Crippen LogP) is 10.3. The summed E-state index contributed by atoms with van der Waals surface area (Å²) in [7, 11) is 0. The van der Waals surface area contributed by atoms with E-state index in [-0.39, 0.29) is 5.41 Å². The molecule has 2 aromatic heterocycles. The third-order valence-corrected chi connectivity index (χ3v) is 9.27. The summed E-state index contributed by atoms with van der Waals surface area (Å²) in [5, 5.41) is 4.98. The lowest BCUT2D eigenvalue weighted by molar-refractivity contribution is 0.738. The number of benzene rings is 6. The van der Waals surface area contributed by atoms with Crippen LogP contribution in [0.3, 0.4) is 0 Å². The van der Waals surface area contributed by atoms with Gasteiger partial charge in [0, 0.05) is 38.3 Å². The molecule has 3 heteroatoms. The minimum atomic E-state index is -0.190. The van der Waals surface area contributed by atoms with Crippen LogP contribution in [0, 0.1) is 0 Å². The maximum absolute atomic E-state index is 5.39. The number of hydrogen-bond acceptors (Lipinski definition) is 1. The van der Waals surface area contributed by atoms with Gasteiger partial charge in [0.1, 0.15) is 0 Å². The molecule has 0 aliphatic carbocycles. The molecular weight excluding hydrogens is 522 g/mol. The second-order valence-corrected chi connectivity index (χ2v) is 12.0. The number of fused-ring (bicyclic) bond motifs is 8. The van der Waals surface area contributed by atoms with Gasteiger partial charge in [0.25, 0.3) is 0 Å². The predicted molar refractivity (Wildman–Crippen MR) is 181 cm³/mol. The molecule has 0 saturated heterocycles. The van der Waals surface area contributed by atoms with Gasteiger partial charge in [-0.05, 0) is 53.6 Å². The quantitative estimate of drug-likeness (QED) is 0.208. The van der Waals surface area contributed by atoms with Crippen LogP contribution in [0.4, 0.5) is 5.69 Å². The second-order valence-electron chi connectivity index (χ2n) is 12.0. The van der Waals surface area contributed by atoms with E-state index in [2.05, 4.69) is 163 Å². The molecule has 0 radical (unpaired) electrons. The summed E-state index contributed by atoms with van der Waals surface area (Å²) in [6, 6.07) is 50.3. The van der Waals surface area contributed by atoms with Crippen LogP contribution in [0.1, 0.15) is 25.0 Å². The lowest BCUT2D eigenvalue weighted by Crippen LogP contribution is -2.26. The topological polar surface area (TPSA) is 22.2 Å². The number of nitrogens with zero attached hydrogens (tertiary/aromatic N) is 3. The summed E-state index contributed by atoms with van der Waals surface area (Å²) in [6.07, 6.45) is 0. The van der Waals surface area contributed by atoms with E-state index in [0.29, 0.717) is 0 Å². The molecule has 3 heterocycles. The van der Waals surface area contributed by atoms with Gasteiger partial charge in [-0.1, -0.05) is 111 Å². The molecule has 1 aliphatic rings. The molecule has 0 saturated carbocycles. The van der Waals surface area contributed by atoms with Crippen LogP contribution in [-0.4, -0.2) is 14.8 Å². The van der Waals surface area contributed by atoms with E-state index < -0.39 is 0 Å². The molecule has 0 bridgehead atoms. The maximum Gasteiger partial charge on any atom is 0.0775 e. The highest BCUT2D eigenvalue weighted by molar-refractivity contribution is 6.21. The summed E-state index contributed by atoms with van der Waals surface area (Å²) >= 11 is 0. The minimum Gasteiger partial charge on any atom is -0.309 e. The second kappa shape index (κ2) is 8.80. The van der Waals surface area contributed by atoms with E-state index >= 15 is 0 Å². The average molecular weight is 552 g/mol. The summed E-state index contributed by atoms with van der Waals surface area (Å²) < 4.78 is 4.80. The van der Waals surface area contributed by atoms with E-state index in [1.54, 1.807) is 0 Å². The zero-order valence-corrected chi connectivity index (χ0v) is 24.1. The molecule has 0 unspecified atom stereocenters. The lowest BCUT2D eigenvalue weighted by Gasteiger charge is -2.22. The molecule has 3 nitrogen and oxygen atoms in total. The van der Waals surface area contributed by atoms with Crippen molar-refractivity contribution in [1.82, 2.24) is 9.13 Å². The van der Waals surface area contributed by atoms with Crippen LogP contribution in [0.15, 0.2) is 145 Å². The fourth-order valence-electron chi connectivity index (χ4n) is 7.31. The van der Waals surface area contributed by atoms with Crippen molar-refractivity contribution in [2.75, 3.05) is 0 Å². The van der Waals surface area contributed by atoms with Crippen LogP contribution in [0.5, 0.6) is 0 Å². The first-order valence-corrected chi connectivity index (χ1v) is 14.9. The summed E-state index contributed by atoms with van der Waals surface area (Å²) in [5.74, 6) is 0. The van der Waals surface area contributed by atoms with Crippen molar-refractivity contribution in [3.05, 3.63) is 151 Å². The number of rotatable bonds is 3. The Bertz CT molecular complexity index is 2370. The molecule has 1 aliphatic heterocycles. The van der Waals surface area contributed by atoms with Gasteiger partial charge < -0.3 is 9.13 Å². The highest BCUT2D eigenvalue weighted by Gasteiger charge is 2.37. The van der Waals surface area contributed by atoms with Crippen molar-refractivity contribution in [2.45, 2.75) is 19.3 Å². The van der Waals surface area contributed by atoms with E-state index in [1.165, 1.54) is 54.7 Å². The Balaban J connectivity index is 1.31. The van der Waals surface area contributed by atoms with Gasteiger partial charge in [-0.2, -0.15) is 0 Å². The Morgan fingerprint density at radius 1 is 0.488 bits per heavy atom. The van der Waals surface area contributed by atoms with Gasteiger partial charge in [0.05, 0.1) is 33.5 Å². The fourth-order valence-corrected chi connectivity index (χ4v) is 7.31. The standard InChI is InChI=1S/C40H29N3/c1-40(2)32-23-24-36-37(38(32)41-39(40)26-13-4-3-5-14-26)31-19-8-11-22-35(31)43(36)28-16-12-15-27(25-28)42-33-20-9-6-17-29(33)30-18-7-10-21-34(30)42/h3-25H,1-2H3. The third-order valence-electron chi connectivity index (χ3n) is 9.27. The average Bonchev–Trinajstić information content (AvgIpc) is 3.66. The van der Waals surface area contributed by atoms with Crippen molar-refractivity contribution in [3.8, 4) is 11.4 Å². The number of aromatic nitrogens is 2. The van der Waals surface area contributed by atoms with Crippen molar-refractivity contribution in [3.63, 3.8) is 0 Å².